The molecule has 1 aromatic carbocycles. The molecule has 4 nitrogen and oxygen atoms in total. The van der Waals surface area contributed by atoms with Gasteiger partial charge in [-0.3, -0.25) is 4.98 Å². The number of benzene rings is 1. The monoisotopic (exact) mass is 323 g/mol. The van der Waals surface area contributed by atoms with Gasteiger partial charge in [0.15, 0.2) is 0 Å². The van der Waals surface area contributed by atoms with E-state index in [9.17, 15) is 0 Å². The van der Waals surface area contributed by atoms with Crippen LogP contribution < -0.4 is 4.90 Å². The van der Waals surface area contributed by atoms with E-state index in [0.29, 0.717) is 16.7 Å². The van der Waals surface area contributed by atoms with Gasteiger partial charge in [-0.1, -0.05) is 29.3 Å². The highest BCUT2D eigenvalue weighted by molar-refractivity contribution is 6.42. The fourth-order valence-corrected chi connectivity index (χ4v) is 2.77. The van der Waals surface area contributed by atoms with Crippen LogP contribution in [-0.2, 0) is 4.74 Å². The van der Waals surface area contributed by atoms with Crippen LogP contribution in [0, 0.1) is 6.92 Å². The van der Waals surface area contributed by atoms with Gasteiger partial charge in [-0.25, -0.2) is 4.98 Å². The Kier molecular flexibility index (Phi) is 4.29. The molecule has 1 atom stereocenters. The molecule has 1 unspecified atom stereocenters. The predicted octanol–water partition coefficient (Wildman–Crippen LogP) is 3.67. The maximum absolute atomic E-state index is 6.09. The van der Waals surface area contributed by atoms with Crippen LogP contribution in [0.5, 0.6) is 0 Å². The number of morpholine rings is 1. The summed E-state index contributed by atoms with van der Waals surface area (Å²) in [5, 5.41) is 1.10. The Bertz CT molecular complexity index is 651. The van der Waals surface area contributed by atoms with Crippen LogP contribution in [0.25, 0.3) is 0 Å². The first-order valence-corrected chi connectivity index (χ1v) is 7.50. The molecule has 1 aliphatic rings. The Hall–Kier alpha value is -1.36. The van der Waals surface area contributed by atoms with Gasteiger partial charge in [0.05, 0.1) is 22.3 Å². The minimum Gasteiger partial charge on any atom is -0.370 e. The van der Waals surface area contributed by atoms with Crippen LogP contribution in [0.1, 0.15) is 17.4 Å². The van der Waals surface area contributed by atoms with E-state index in [4.69, 9.17) is 27.9 Å². The van der Waals surface area contributed by atoms with Gasteiger partial charge in [0.2, 0.25) is 0 Å². The zero-order valence-electron chi connectivity index (χ0n) is 11.6. The molecule has 21 heavy (non-hydrogen) atoms. The van der Waals surface area contributed by atoms with Crippen LogP contribution in [0.2, 0.25) is 10.0 Å². The number of nitrogens with zero attached hydrogens (tertiary/aromatic N) is 3. The van der Waals surface area contributed by atoms with Crippen molar-refractivity contribution in [2.75, 3.05) is 24.6 Å². The highest BCUT2D eigenvalue weighted by Gasteiger charge is 2.24. The zero-order chi connectivity index (χ0) is 14.8. The summed E-state index contributed by atoms with van der Waals surface area (Å²) in [5.74, 6) is 0.908. The van der Waals surface area contributed by atoms with E-state index >= 15 is 0 Å². The Balaban J connectivity index is 1.83. The standard InChI is InChI=1S/C15H15Cl2N3O/c1-10-15(19-5-4-18-10)20-6-7-21-14(9-20)11-2-3-12(16)13(17)8-11/h2-5,8,14H,6-7,9H2,1H3. The SMILES string of the molecule is Cc1nccnc1N1CCOC(c2ccc(Cl)c(Cl)c2)C1. The number of aryl methyl sites for hydroxylation is 1. The summed E-state index contributed by atoms with van der Waals surface area (Å²) < 4.78 is 5.86. The summed E-state index contributed by atoms with van der Waals surface area (Å²) in [7, 11) is 0. The minimum atomic E-state index is -0.0464. The van der Waals surface area contributed by atoms with Crippen LogP contribution >= 0.6 is 23.2 Å². The van der Waals surface area contributed by atoms with E-state index in [2.05, 4.69) is 14.9 Å². The van der Waals surface area contributed by atoms with Crippen LogP contribution in [0.4, 0.5) is 5.82 Å². The third kappa shape index (κ3) is 3.12. The van der Waals surface area contributed by atoms with Crippen molar-refractivity contribution in [1.82, 2.24) is 9.97 Å². The molecule has 2 heterocycles. The third-order valence-electron chi connectivity index (χ3n) is 3.54. The molecule has 0 aliphatic carbocycles. The second-order valence-corrected chi connectivity index (χ2v) is 5.76. The maximum atomic E-state index is 6.09. The summed E-state index contributed by atoms with van der Waals surface area (Å²) in [6.07, 6.45) is 3.37. The third-order valence-corrected chi connectivity index (χ3v) is 4.28. The van der Waals surface area contributed by atoms with Gasteiger partial charge < -0.3 is 9.64 Å². The molecule has 1 aromatic heterocycles. The first-order valence-electron chi connectivity index (χ1n) is 6.74. The molecule has 0 saturated carbocycles. The van der Waals surface area contributed by atoms with Gasteiger partial charge in [0.1, 0.15) is 11.9 Å². The molecular formula is C15H15Cl2N3O. The molecule has 110 valence electrons. The summed E-state index contributed by atoms with van der Waals surface area (Å²) in [6.45, 7) is 4.13. The van der Waals surface area contributed by atoms with E-state index in [0.717, 1.165) is 30.2 Å². The topological polar surface area (TPSA) is 38.2 Å². The van der Waals surface area contributed by atoms with E-state index in [1.165, 1.54) is 0 Å². The average Bonchev–Trinajstić information content (AvgIpc) is 2.51. The Labute approximate surface area is 133 Å². The molecule has 0 amide bonds. The molecule has 6 heteroatoms. The largest absolute Gasteiger partial charge is 0.370 e. The number of ether oxygens (including phenoxy) is 1. The maximum Gasteiger partial charge on any atom is 0.150 e. The first-order chi connectivity index (χ1) is 10.1. The van der Waals surface area contributed by atoms with Crippen LogP contribution in [-0.4, -0.2) is 29.7 Å². The van der Waals surface area contributed by atoms with Crippen molar-refractivity contribution < 1.29 is 4.74 Å². The van der Waals surface area contributed by atoms with Crippen molar-refractivity contribution >= 4 is 29.0 Å². The van der Waals surface area contributed by atoms with Crippen LogP contribution in [0.15, 0.2) is 30.6 Å². The summed E-state index contributed by atoms with van der Waals surface area (Å²) in [5.41, 5.74) is 1.95. The van der Waals surface area contributed by atoms with E-state index in [1.54, 1.807) is 18.5 Å². The summed E-state index contributed by atoms with van der Waals surface area (Å²) in [4.78, 5) is 10.9. The molecule has 1 saturated heterocycles. The first kappa shape index (κ1) is 14.6. The van der Waals surface area contributed by atoms with Gasteiger partial charge in [-0.15, -0.1) is 0 Å². The van der Waals surface area contributed by atoms with E-state index in [-0.39, 0.29) is 6.10 Å². The van der Waals surface area contributed by atoms with Crippen molar-refractivity contribution in [1.29, 1.82) is 0 Å². The minimum absolute atomic E-state index is 0.0464. The lowest BCUT2D eigenvalue weighted by Crippen LogP contribution is -2.39. The Morgan fingerprint density at radius 2 is 2.00 bits per heavy atom. The Morgan fingerprint density at radius 3 is 2.76 bits per heavy atom. The summed E-state index contributed by atoms with van der Waals surface area (Å²) >= 11 is 12.1. The highest BCUT2D eigenvalue weighted by Crippen LogP contribution is 2.30. The van der Waals surface area contributed by atoms with Gasteiger partial charge >= 0.3 is 0 Å². The number of aromatic nitrogens is 2. The molecule has 0 N–H and O–H groups in total. The van der Waals surface area contributed by atoms with E-state index < -0.39 is 0 Å². The average molecular weight is 324 g/mol. The number of hydrogen-bond acceptors (Lipinski definition) is 4. The lowest BCUT2D eigenvalue weighted by Gasteiger charge is -2.34. The fraction of sp³-hybridized carbons (Fsp3) is 0.333. The summed E-state index contributed by atoms with van der Waals surface area (Å²) in [6, 6.07) is 5.61. The second-order valence-electron chi connectivity index (χ2n) is 4.94. The van der Waals surface area contributed by atoms with Gasteiger partial charge in [-0.05, 0) is 24.6 Å². The lowest BCUT2D eigenvalue weighted by molar-refractivity contribution is 0.0394. The number of rotatable bonds is 2. The lowest BCUT2D eigenvalue weighted by atomic mass is 10.1. The molecule has 2 aromatic rings. The molecular weight excluding hydrogens is 309 g/mol. The molecule has 1 aliphatic heterocycles. The van der Waals surface area contributed by atoms with Crippen molar-refractivity contribution in [3.05, 3.63) is 51.9 Å². The zero-order valence-corrected chi connectivity index (χ0v) is 13.1. The normalized spacial score (nSPS) is 18.8. The molecule has 0 spiro atoms. The quantitative estimate of drug-likeness (QED) is 0.845. The fourth-order valence-electron chi connectivity index (χ4n) is 2.47. The van der Waals surface area contributed by atoms with Crippen LogP contribution in [0.3, 0.4) is 0 Å². The van der Waals surface area contributed by atoms with Crippen molar-refractivity contribution in [2.45, 2.75) is 13.0 Å². The number of hydrogen-bond donors (Lipinski definition) is 0. The molecule has 1 fully saturated rings. The number of anilines is 1. The molecule has 3 rings (SSSR count). The highest BCUT2D eigenvalue weighted by atomic mass is 35.5. The predicted molar refractivity (Wildman–Crippen MR) is 84.1 cm³/mol. The van der Waals surface area contributed by atoms with E-state index in [1.807, 2.05) is 19.1 Å². The second kappa shape index (κ2) is 6.18. The number of halogens is 2. The molecule has 0 bridgehead atoms. The Morgan fingerprint density at radius 1 is 1.19 bits per heavy atom. The van der Waals surface area contributed by atoms with Gasteiger partial charge in [0, 0.05) is 25.5 Å². The molecule has 0 radical (unpaired) electrons. The van der Waals surface area contributed by atoms with Crippen molar-refractivity contribution in [3.63, 3.8) is 0 Å². The van der Waals surface area contributed by atoms with Gasteiger partial charge in [-0.2, -0.15) is 0 Å². The van der Waals surface area contributed by atoms with Crippen molar-refractivity contribution in [3.8, 4) is 0 Å². The van der Waals surface area contributed by atoms with Crippen molar-refractivity contribution in [2.24, 2.45) is 0 Å². The van der Waals surface area contributed by atoms with Gasteiger partial charge in [0.25, 0.3) is 0 Å². The smallest absolute Gasteiger partial charge is 0.150 e.